The van der Waals surface area contributed by atoms with Gasteiger partial charge in [-0.2, -0.15) is 26.3 Å². The molecule has 0 radical (unpaired) electrons. The van der Waals surface area contributed by atoms with Crippen LogP contribution in [0.2, 0.25) is 0 Å². The molecule has 0 fully saturated rings. The van der Waals surface area contributed by atoms with Crippen LogP contribution < -0.4 is 0 Å². The highest BCUT2D eigenvalue weighted by Gasteiger charge is 2.37. The number of hydrogen-bond donors (Lipinski definition) is 0. The average Bonchev–Trinajstić information content (AvgIpc) is 2.82. The molecule has 1 amide bonds. The SMILES string of the molecule is CN(Cc1cc(C(F)(F)F)cc(C(F)(F)F)c1)C(=O)c1ccnc(-c2cccc3ccccc23)n1. The normalized spacial score (nSPS) is 12.1. The topological polar surface area (TPSA) is 46.1 Å². The standard InChI is InChI=1S/C25H17F6N3O/c1-34(14-15-11-17(24(26,27)28)13-18(12-15)25(29,30)31)23(35)21-9-10-32-22(33-21)20-8-4-6-16-5-2-3-7-19(16)20/h2-13H,14H2,1H3. The van der Waals surface area contributed by atoms with Gasteiger partial charge in [0.05, 0.1) is 11.1 Å². The molecule has 0 bridgehead atoms. The van der Waals surface area contributed by atoms with Crippen LogP contribution in [0.25, 0.3) is 22.2 Å². The Balaban J connectivity index is 1.64. The molecule has 4 aromatic rings. The molecule has 4 nitrogen and oxygen atoms in total. The third-order valence-corrected chi connectivity index (χ3v) is 5.32. The maximum absolute atomic E-state index is 13.1. The van der Waals surface area contributed by atoms with Gasteiger partial charge >= 0.3 is 12.4 Å². The molecule has 1 heterocycles. The number of aromatic nitrogens is 2. The first-order valence-electron chi connectivity index (χ1n) is 10.3. The Labute approximate surface area is 195 Å². The molecule has 10 heteroatoms. The zero-order chi connectivity index (χ0) is 25.4. The van der Waals surface area contributed by atoms with Crippen LogP contribution in [0.1, 0.15) is 27.2 Å². The molecule has 180 valence electrons. The number of hydrogen-bond acceptors (Lipinski definition) is 3. The van der Waals surface area contributed by atoms with Crippen LogP contribution in [0, 0.1) is 0 Å². The number of halogens is 6. The highest BCUT2D eigenvalue weighted by atomic mass is 19.4. The van der Waals surface area contributed by atoms with E-state index in [9.17, 15) is 31.1 Å². The van der Waals surface area contributed by atoms with E-state index >= 15 is 0 Å². The summed E-state index contributed by atoms with van der Waals surface area (Å²) in [5.41, 5.74) is -2.57. The summed E-state index contributed by atoms with van der Waals surface area (Å²) in [7, 11) is 1.27. The van der Waals surface area contributed by atoms with E-state index in [1.165, 1.54) is 19.3 Å². The van der Waals surface area contributed by atoms with Gasteiger partial charge in [-0.05, 0) is 40.6 Å². The monoisotopic (exact) mass is 489 g/mol. The van der Waals surface area contributed by atoms with Gasteiger partial charge in [0.15, 0.2) is 5.82 Å². The van der Waals surface area contributed by atoms with Crippen molar-refractivity contribution < 1.29 is 31.1 Å². The average molecular weight is 489 g/mol. The number of amides is 1. The predicted octanol–water partition coefficient (Wildman–Crippen LogP) is 6.61. The zero-order valence-electron chi connectivity index (χ0n) is 18.2. The van der Waals surface area contributed by atoms with Crippen LogP contribution in [0.3, 0.4) is 0 Å². The van der Waals surface area contributed by atoms with E-state index in [1.54, 1.807) is 6.07 Å². The van der Waals surface area contributed by atoms with Crippen LogP contribution in [-0.2, 0) is 18.9 Å². The van der Waals surface area contributed by atoms with Crippen molar-refractivity contribution >= 4 is 16.7 Å². The van der Waals surface area contributed by atoms with Gasteiger partial charge in [0, 0.05) is 25.4 Å². The largest absolute Gasteiger partial charge is 0.416 e. The van der Waals surface area contributed by atoms with Crippen molar-refractivity contribution in [3.8, 4) is 11.4 Å². The van der Waals surface area contributed by atoms with Gasteiger partial charge in [-0.25, -0.2) is 9.97 Å². The maximum Gasteiger partial charge on any atom is 0.416 e. The first-order chi connectivity index (χ1) is 16.4. The predicted molar refractivity (Wildman–Crippen MR) is 117 cm³/mol. The molecular formula is C25H17F6N3O. The number of alkyl halides is 6. The van der Waals surface area contributed by atoms with Crippen LogP contribution >= 0.6 is 0 Å². The summed E-state index contributed by atoms with van der Waals surface area (Å²) in [4.78, 5) is 22.5. The molecule has 0 spiro atoms. The molecule has 0 unspecified atom stereocenters. The first kappa shape index (κ1) is 24.2. The molecule has 3 aromatic carbocycles. The molecule has 0 aliphatic carbocycles. The van der Waals surface area contributed by atoms with Crippen molar-refractivity contribution in [1.29, 1.82) is 0 Å². The molecule has 0 atom stereocenters. The van der Waals surface area contributed by atoms with Gasteiger partial charge in [0.25, 0.3) is 5.91 Å². The minimum Gasteiger partial charge on any atom is -0.336 e. The fourth-order valence-corrected chi connectivity index (χ4v) is 3.68. The van der Waals surface area contributed by atoms with Gasteiger partial charge in [-0.15, -0.1) is 0 Å². The maximum atomic E-state index is 13.1. The van der Waals surface area contributed by atoms with Gasteiger partial charge in [-0.3, -0.25) is 4.79 Å². The Kier molecular flexibility index (Phi) is 6.23. The van der Waals surface area contributed by atoms with Crippen molar-refractivity contribution in [1.82, 2.24) is 14.9 Å². The summed E-state index contributed by atoms with van der Waals surface area (Å²) in [6, 6.07) is 15.6. The van der Waals surface area contributed by atoms with Crippen molar-refractivity contribution in [2.24, 2.45) is 0 Å². The summed E-state index contributed by atoms with van der Waals surface area (Å²) in [6.45, 7) is -0.487. The van der Waals surface area contributed by atoms with E-state index in [1.807, 2.05) is 36.4 Å². The summed E-state index contributed by atoms with van der Waals surface area (Å²) in [5.74, 6) is -0.417. The number of nitrogens with zero attached hydrogens (tertiary/aromatic N) is 3. The number of benzene rings is 3. The van der Waals surface area contributed by atoms with Crippen molar-refractivity contribution in [2.45, 2.75) is 18.9 Å². The molecule has 35 heavy (non-hydrogen) atoms. The van der Waals surface area contributed by atoms with Crippen LogP contribution in [-0.4, -0.2) is 27.8 Å². The Bertz CT molecular complexity index is 1360. The second-order valence-corrected chi connectivity index (χ2v) is 7.87. The number of rotatable bonds is 4. The highest BCUT2D eigenvalue weighted by Crippen LogP contribution is 2.36. The lowest BCUT2D eigenvalue weighted by Gasteiger charge is -2.19. The Morgan fingerprint density at radius 2 is 1.49 bits per heavy atom. The molecule has 0 aliphatic heterocycles. The number of fused-ring (bicyclic) bond motifs is 1. The second-order valence-electron chi connectivity index (χ2n) is 7.87. The fraction of sp³-hybridized carbons (Fsp3) is 0.160. The first-order valence-corrected chi connectivity index (χ1v) is 10.3. The minimum absolute atomic E-state index is 0.0477. The highest BCUT2D eigenvalue weighted by molar-refractivity contribution is 5.96. The summed E-state index contributed by atoms with van der Waals surface area (Å²) in [6.07, 6.45) is -8.57. The third kappa shape index (κ3) is 5.26. The zero-order valence-corrected chi connectivity index (χ0v) is 18.2. The third-order valence-electron chi connectivity index (χ3n) is 5.32. The molecule has 0 N–H and O–H groups in total. The minimum atomic E-state index is -4.97. The van der Waals surface area contributed by atoms with Crippen molar-refractivity contribution in [2.75, 3.05) is 7.05 Å². The van der Waals surface area contributed by atoms with Gasteiger partial charge < -0.3 is 4.90 Å². The molecular weight excluding hydrogens is 472 g/mol. The van der Waals surface area contributed by atoms with Crippen LogP contribution in [0.15, 0.2) is 72.9 Å². The van der Waals surface area contributed by atoms with E-state index in [4.69, 9.17) is 0 Å². The summed E-state index contributed by atoms with van der Waals surface area (Å²) >= 11 is 0. The smallest absolute Gasteiger partial charge is 0.336 e. The molecule has 0 saturated heterocycles. The lowest BCUT2D eigenvalue weighted by atomic mass is 10.0. The van der Waals surface area contributed by atoms with Crippen molar-refractivity contribution in [3.05, 3.63) is 95.3 Å². The fourth-order valence-electron chi connectivity index (χ4n) is 3.68. The van der Waals surface area contributed by atoms with E-state index in [2.05, 4.69) is 9.97 Å². The quantitative estimate of drug-likeness (QED) is 0.303. The van der Waals surface area contributed by atoms with Crippen LogP contribution in [0.5, 0.6) is 0 Å². The van der Waals surface area contributed by atoms with E-state index < -0.39 is 35.9 Å². The summed E-state index contributed by atoms with van der Waals surface area (Å²) in [5, 5.41) is 1.80. The Morgan fingerprint density at radius 1 is 0.857 bits per heavy atom. The van der Waals surface area contributed by atoms with Gasteiger partial charge in [0.1, 0.15) is 5.69 Å². The van der Waals surface area contributed by atoms with Gasteiger partial charge in [-0.1, -0.05) is 42.5 Å². The molecule has 1 aromatic heterocycles. The number of carbonyl (C=O) groups is 1. The molecule has 0 saturated carbocycles. The Hall–Kier alpha value is -3.95. The lowest BCUT2D eigenvalue weighted by molar-refractivity contribution is -0.143. The Morgan fingerprint density at radius 3 is 2.14 bits per heavy atom. The van der Waals surface area contributed by atoms with E-state index in [0.717, 1.165) is 15.7 Å². The summed E-state index contributed by atoms with van der Waals surface area (Å²) < 4.78 is 78.9. The number of carbonyl (C=O) groups excluding carboxylic acids is 1. The molecule has 0 aliphatic rings. The molecule has 4 rings (SSSR count). The van der Waals surface area contributed by atoms with E-state index in [0.29, 0.717) is 17.7 Å². The van der Waals surface area contributed by atoms with Crippen LogP contribution in [0.4, 0.5) is 26.3 Å². The van der Waals surface area contributed by atoms with Gasteiger partial charge in [0.2, 0.25) is 0 Å². The van der Waals surface area contributed by atoms with Crippen molar-refractivity contribution in [3.63, 3.8) is 0 Å². The van der Waals surface area contributed by atoms with E-state index in [-0.39, 0.29) is 23.1 Å². The lowest BCUT2D eigenvalue weighted by Crippen LogP contribution is -2.27. The second kappa shape index (κ2) is 9.01.